The molecule has 0 atom stereocenters. The first kappa shape index (κ1) is 11.4. The number of para-hydroxylation sites is 2. The van der Waals surface area contributed by atoms with Crippen molar-refractivity contribution in [2.45, 2.75) is 0 Å². The molecule has 20 heavy (non-hydrogen) atoms. The van der Waals surface area contributed by atoms with Gasteiger partial charge in [-0.1, -0.05) is 36.4 Å². The highest BCUT2D eigenvalue weighted by molar-refractivity contribution is 6.07. The van der Waals surface area contributed by atoms with Gasteiger partial charge in [0.2, 0.25) is 0 Å². The number of rotatable bonds is 1. The van der Waals surface area contributed by atoms with Gasteiger partial charge in [0.1, 0.15) is 24.7 Å². The Hall–Kier alpha value is -2.48. The van der Waals surface area contributed by atoms with Crippen LogP contribution in [0.15, 0.2) is 60.7 Å². The molecule has 0 aromatic heterocycles. The van der Waals surface area contributed by atoms with E-state index < -0.39 is 0 Å². The lowest BCUT2D eigenvalue weighted by atomic mass is 9.89. The van der Waals surface area contributed by atoms with Crippen LogP contribution in [0.1, 0.15) is 11.1 Å². The summed E-state index contributed by atoms with van der Waals surface area (Å²) >= 11 is 0. The van der Waals surface area contributed by atoms with E-state index in [4.69, 9.17) is 9.47 Å². The van der Waals surface area contributed by atoms with E-state index in [0.717, 1.165) is 22.6 Å². The molecule has 0 bridgehead atoms. The van der Waals surface area contributed by atoms with E-state index in [-0.39, 0.29) is 0 Å². The summed E-state index contributed by atoms with van der Waals surface area (Å²) in [5.41, 5.74) is 4.79. The molecule has 0 saturated heterocycles. The highest BCUT2D eigenvalue weighted by Crippen LogP contribution is 2.42. The van der Waals surface area contributed by atoms with E-state index >= 15 is 0 Å². The van der Waals surface area contributed by atoms with Crippen molar-refractivity contribution in [1.29, 1.82) is 0 Å². The Bertz CT molecular complexity index is 662. The second-order valence-electron chi connectivity index (χ2n) is 4.85. The summed E-state index contributed by atoms with van der Waals surface area (Å²) in [6.07, 6.45) is 4.30. The fourth-order valence-corrected chi connectivity index (χ4v) is 2.79. The summed E-state index contributed by atoms with van der Waals surface area (Å²) in [5, 5.41) is 0. The Morgan fingerprint density at radius 1 is 0.600 bits per heavy atom. The third-order valence-electron chi connectivity index (χ3n) is 3.70. The van der Waals surface area contributed by atoms with Crippen molar-refractivity contribution in [1.82, 2.24) is 0 Å². The van der Waals surface area contributed by atoms with Crippen LogP contribution in [0.3, 0.4) is 0 Å². The number of hydrogen-bond acceptors (Lipinski definition) is 2. The lowest BCUT2D eigenvalue weighted by molar-refractivity contribution is 0.355. The van der Waals surface area contributed by atoms with Gasteiger partial charge in [-0.2, -0.15) is 0 Å². The zero-order chi connectivity index (χ0) is 13.4. The first-order valence-corrected chi connectivity index (χ1v) is 6.78. The van der Waals surface area contributed by atoms with E-state index in [1.165, 1.54) is 11.1 Å². The van der Waals surface area contributed by atoms with Gasteiger partial charge < -0.3 is 9.47 Å². The van der Waals surface area contributed by atoms with E-state index in [1.54, 1.807) is 0 Å². The normalized spacial score (nSPS) is 16.0. The summed E-state index contributed by atoms with van der Waals surface area (Å²) in [6, 6.07) is 16.4. The predicted octanol–water partition coefficient (Wildman–Crippen LogP) is 3.94. The van der Waals surface area contributed by atoms with Crippen molar-refractivity contribution in [2.24, 2.45) is 0 Å². The highest BCUT2D eigenvalue weighted by atomic mass is 16.5. The third-order valence-corrected chi connectivity index (χ3v) is 3.70. The molecule has 0 amide bonds. The standard InChI is InChI=1S/C18H14O2/c1-3-7-17-15(5-1)13(9-11-19-17)14-10-12-20-18-8-4-2-6-16(14)18/h1-10H,11-12H2. The fourth-order valence-electron chi connectivity index (χ4n) is 2.79. The number of benzene rings is 2. The van der Waals surface area contributed by atoms with Crippen LogP contribution >= 0.6 is 0 Å². The number of ether oxygens (including phenoxy) is 2. The summed E-state index contributed by atoms with van der Waals surface area (Å²) in [5.74, 6) is 1.91. The lowest BCUT2D eigenvalue weighted by Crippen LogP contribution is -2.09. The molecule has 0 spiro atoms. The quantitative estimate of drug-likeness (QED) is 0.775. The number of allylic oxidation sites excluding steroid dienone is 2. The van der Waals surface area contributed by atoms with Crippen LogP contribution in [-0.2, 0) is 0 Å². The first-order valence-electron chi connectivity index (χ1n) is 6.78. The van der Waals surface area contributed by atoms with Gasteiger partial charge >= 0.3 is 0 Å². The van der Waals surface area contributed by atoms with E-state index in [1.807, 2.05) is 36.4 Å². The molecule has 98 valence electrons. The maximum absolute atomic E-state index is 5.70. The van der Waals surface area contributed by atoms with Crippen molar-refractivity contribution >= 4 is 11.1 Å². The van der Waals surface area contributed by atoms with Crippen molar-refractivity contribution in [3.8, 4) is 11.5 Å². The predicted molar refractivity (Wildman–Crippen MR) is 79.8 cm³/mol. The molecule has 2 heteroatoms. The molecule has 2 aliphatic heterocycles. The number of fused-ring (bicyclic) bond motifs is 2. The zero-order valence-corrected chi connectivity index (χ0v) is 11.0. The molecule has 2 aliphatic rings. The molecule has 2 aromatic rings. The van der Waals surface area contributed by atoms with Gasteiger partial charge in [-0.15, -0.1) is 0 Å². The highest BCUT2D eigenvalue weighted by Gasteiger charge is 2.21. The van der Waals surface area contributed by atoms with Gasteiger partial charge in [-0.05, 0) is 35.4 Å². The molecule has 0 unspecified atom stereocenters. The van der Waals surface area contributed by atoms with Crippen molar-refractivity contribution in [3.63, 3.8) is 0 Å². The zero-order valence-electron chi connectivity index (χ0n) is 11.0. The molecular formula is C18H14O2. The van der Waals surface area contributed by atoms with Crippen LogP contribution in [0.4, 0.5) is 0 Å². The second kappa shape index (κ2) is 4.57. The van der Waals surface area contributed by atoms with Crippen LogP contribution < -0.4 is 9.47 Å². The summed E-state index contributed by atoms with van der Waals surface area (Å²) < 4.78 is 11.4. The Labute approximate surface area is 118 Å². The van der Waals surface area contributed by atoms with Gasteiger partial charge in [0.25, 0.3) is 0 Å². The summed E-state index contributed by atoms with van der Waals surface area (Å²) in [6.45, 7) is 1.24. The fraction of sp³-hybridized carbons (Fsp3) is 0.111. The SMILES string of the molecule is C1=C(C2=CCOc3ccccc32)c2ccccc2OC1. The van der Waals surface area contributed by atoms with E-state index in [9.17, 15) is 0 Å². The smallest absolute Gasteiger partial charge is 0.127 e. The molecule has 0 N–H and O–H groups in total. The molecule has 4 rings (SSSR count). The minimum atomic E-state index is 0.618. The van der Waals surface area contributed by atoms with E-state index in [2.05, 4.69) is 24.3 Å². The first-order chi connectivity index (χ1) is 9.93. The maximum Gasteiger partial charge on any atom is 0.127 e. The molecule has 0 fully saturated rings. The van der Waals surface area contributed by atoms with Crippen LogP contribution in [0.25, 0.3) is 11.1 Å². The molecular weight excluding hydrogens is 248 g/mol. The van der Waals surface area contributed by atoms with Gasteiger partial charge in [0.05, 0.1) is 0 Å². The largest absolute Gasteiger partial charge is 0.489 e. The second-order valence-corrected chi connectivity index (χ2v) is 4.85. The minimum Gasteiger partial charge on any atom is -0.489 e. The van der Waals surface area contributed by atoms with Gasteiger partial charge in [0.15, 0.2) is 0 Å². The lowest BCUT2D eigenvalue weighted by Gasteiger charge is -2.24. The van der Waals surface area contributed by atoms with Crippen LogP contribution in [-0.4, -0.2) is 13.2 Å². The van der Waals surface area contributed by atoms with Gasteiger partial charge in [0, 0.05) is 11.1 Å². The topological polar surface area (TPSA) is 18.5 Å². The third kappa shape index (κ3) is 1.73. The average Bonchev–Trinajstić information content (AvgIpc) is 2.54. The Kier molecular flexibility index (Phi) is 2.59. The Balaban J connectivity index is 1.86. The average molecular weight is 262 g/mol. The van der Waals surface area contributed by atoms with Crippen molar-refractivity contribution < 1.29 is 9.47 Å². The molecule has 0 radical (unpaired) electrons. The van der Waals surface area contributed by atoms with Crippen molar-refractivity contribution in [3.05, 3.63) is 71.8 Å². The molecule has 2 nitrogen and oxygen atoms in total. The molecule has 2 aromatic carbocycles. The molecule has 0 saturated carbocycles. The molecule has 2 heterocycles. The summed E-state index contributed by atoms with van der Waals surface area (Å²) in [4.78, 5) is 0. The van der Waals surface area contributed by atoms with Gasteiger partial charge in [-0.3, -0.25) is 0 Å². The van der Waals surface area contributed by atoms with Crippen LogP contribution in [0.2, 0.25) is 0 Å². The molecule has 0 aliphatic carbocycles. The van der Waals surface area contributed by atoms with Crippen LogP contribution in [0, 0.1) is 0 Å². The number of hydrogen-bond donors (Lipinski definition) is 0. The summed E-state index contributed by atoms with van der Waals surface area (Å²) in [7, 11) is 0. The maximum atomic E-state index is 5.70. The minimum absolute atomic E-state index is 0.618. The monoisotopic (exact) mass is 262 g/mol. The Morgan fingerprint density at radius 3 is 1.55 bits per heavy atom. The van der Waals surface area contributed by atoms with Gasteiger partial charge in [-0.25, -0.2) is 0 Å². The van der Waals surface area contributed by atoms with Crippen LogP contribution in [0.5, 0.6) is 11.5 Å². The van der Waals surface area contributed by atoms with E-state index in [0.29, 0.717) is 13.2 Å². The Morgan fingerprint density at radius 2 is 1.05 bits per heavy atom. The van der Waals surface area contributed by atoms with Crippen molar-refractivity contribution in [2.75, 3.05) is 13.2 Å².